The van der Waals surface area contributed by atoms with Crippen LogP contribution in [0.4, 0.5) is 10.5 Å². The molecule has 0 unspecified atom stereocenters. The van der Waals surface area contributed by atoms with Crippen LogP contribution in [0.2, 0.25) is 5.02 Å². The van der Waals surface area contributed by atoms with E-state index in [2.05, 4.69) is 0 Å². The van der Waals surface area contributed by atoms with E-state index >= 15 is 0 Å². The van der Waals surface area contributed by atoms with Crippen molar-refractivity contribution in [3.05, 3.63) is 53.6 Å². The van der Waals surface area contributed by atoms with Crippen molar-refractivity contribution in [2.45, 2.75) is 26.3 Å². The molecule has 2 aromatic rings. The van der Waals surface area contributed by atoms with Gasteiger partial charge in [0.05, 0.1) is 10.7 Å². The number of rotatable bonds is 2. The third-order valence-electron chi connectivity index (χ3n) is 3.16. The maximum atomic E-state index is 11.5. The van der Waals surface area contributed by atoms with E-state index < -0.39 is 11.6 Å². The summed E-state index contributed by atoms with van der Waals surface area (Å²) in [6.07, 6.45) is -1.02. The summed E-state index contributed by atoms with van der Waals surface area (Å²) in [6, 6.07) is 15.3. The second kappa shape index (κ2) is 5.78. The molecule has 1 N–H and O–H groups in total. The number of hydrogen-bond donors (Lipinski definition) is 1. The van der Waals surface area contributed by atoms with Crippen LogP contribution in [-0.2, 0) is 0 Å². The quantitative estimate of drug-likeness (QED) is 0.819. The third kappa shape index (κ3) is 3.37. The van der Waals surface area contributed by atoms with Crippen molar-refractivity contribution in [1.29, 1.82) is 0 Å². The van der Waals surface area contributed by atoms with Gasteiger partial charge in [-0.3, -0.25) is 4.90 Å². The molecule has 0 aromatic heterocycles. The van der Waals surface area contributed by atoms with Gasteiger partial charge in [0.1, 0.15) is 0 Å². The van der Waals surface area contributed by atoms with Gasteiger partial charge in [0.25, 0.3) is 0 Å². The van der Waals surface area contributed by atoms with E-state index in [-0.39, 0.29) is 0 Å². The summed E-state index contributed by atoms with van der Waals surface area (Å²) in [7, 11) is 0. The van der Waals surface area contributed by atoms with E-state index in [4.69, 9.17) is 11.6 Å². The van der Waals surface area contributed by atoms with Gasteiger partial charge in [-0.2, -0.15) is 0 Å². The van der Waals surface area contributed by atoms with Crippen molar-refractivity contribution >= 4 is 23.4 Å². The Kier molecular flexibility index (Phi) is 4.24. The summed E-state index contributed by atoms with van der Waals surface area (Å²) in [5, 5.41) is 9.87. The average molecular weight is 304 g/mol. The van der Waals surface area contributed by atoms with Gasteiger partial charge in [-0.15, -0.1) is 0 Å². The van der Waals surface area contributed by atoms with Gasteiger partial charge in [-0.05, 0) is 44.0 Å². The number of nitrogens with zero attached hydrogens (tertiary/aromatic N) is 1. The Labute approximate surface area is 129 Å². The monoisotopic (exact) mass is 303 g/mol. The first kappa shape index (κ1) is 15.4. The summed E-state index contributed by atoms with van der Waals surface area (Å²) in [4.78, 5) is 12.8. The summed E-state index contributed by atoms with van der Waals surface area (Å²) >= 11 is 6.32. The Morgan fingerprint density at radius 3 is 2.14 bits per heavy atom. The fourth-order valence-electron chi connectivity index (χ4n) is 2.25. The van der Waals surface area contributed by atoms with Crippen LogP contribution in [-0.4, -0.2) is 16.7 Å². The van der Waals surface area contributed by atoms with Crippen molar-refractivity contribution in [2.75, 3.05) is 4.90 Å². The SMILES string of the molecule is CC(C)(C)N(C(=O)O)c1ccc(-c2ccccc2)cc1Cl. The molecule has 0 saturated carbocycles. The summed E-state index contributed by atoms with van der Waals surface area (Å²) in [5.41, 5.74) is 1.94. The minimum atomic E-state index is -1.02. The van der Waals surface area contributed by atoms with Crippen LogP contribution < -0.4 is 4.90 Å². The predicted molar refractivity (Wildman–Crippen MR) is 87.1 cm³/mol. The van der Waals surface area contributed by atoms with Crippen LogP contribution in [0.5, 0.6) is 0 Å². The molecule has 3 nitrogen and oxygen atoms in total. The molecule has 2 rings (SSSR count). The molecule has 0 atom stereocenters. The molecule has 4 heteroatoms. The standard InChI is InChI=1S/C17H18ClNO2/c1-17(2,3)19(16(20)21)15-10-9-13(11-14(15)18)12-7-5-4-6-8-12/h4-11H,1-3H3,(H,20,21). The molecule has 110 valence electrons. The number of carboxylic acid groups (broad SMARTS) is 1. The molecule has 0 aliphatic rings. The molecule has 0 spiro atoms. The lowest BCUT2D eigenvalue weighted by Crippen LogP contribution is -2.45. The van der Waals surface area contributed by atoms with Crippen LogP contribution in [0.15, 0.2) is 48.5 Å². The number of carbonyl (C=O) groups is 1. The van der Waals surface area contributed by atoms with Crippen LogP contribution >= 0.6 is 11.6 Å². The van der Waals surface area contributed by atoms with E-state index in [1.165, 1.54) is 4.90 Å². The van der Waals surface area contributed by atoms with E-state index in [0.29, 0.717) is 10.7 Å². The summed E-state index contributed by atoms with van der Waals surface area (Å²) in [5.74, 6) is 0. The fraction of sp³-hybridized carbons (Fsp3) is 0.235. The van der Waals surface area contributed by atoms with Crippen molar-refractivity contribution in [1.82, 2.24) is 0 Å². The van der Waals surface area contributed by atoms with Gasteiger partial charge in [-0.1, -0.05) is 48.0 Å². The molecular formula is C17H18ClNO2. The zero-order valence-corrected chi connectivity index (χ0v) is 13.1. The van der Waals surface area contributed by atoms with Crippen LogP contribution in [0.25, 0.3) is 11.1 Å². The largest absolute Gasteiger partial charge is 0.465 e. The minimum absolute atomic E-state index is 0.425. The first-order valence-corrected chi connectivity index (χ1v) is 7.06. The Morgan fingerprint density at radius 1 is 1.05 bits per heavy atom. The van der Waals surface area contributed by atoms with Gasteiger partial charge < -0.3 is 5.11 Å². The Bertz CT molecular complexity index is 648. The molecule has 0 radical (unpaired) electrons. The molecule has 0 heterocycles. The molecular weight excluding hydrogens is 286 g/mol. The number of hydrogen-bond acceptors (Lipinski definition) is 1. The van der Waals surface area contributed by atoms with E-state index in [1.54, 1.807) is 12.1 Å². The lowest BCUT2D eigenvalue weighted by Gasteiger charge is -2.33. The molecule has 21 heavy (non-hydrogen) atoms. The van der Waals surface area contributed by atoms with Gasteiger partial charge in [0.15, 0.2) is 0 Å². The normalized spacial score (nSPS) is 11.2. The van der Waals surface area contributed by atoms with Crippen molar-refractivity contribution in [2.24, 2.45) is 0 Å². The topological polar surface area (TPSA) is 40.5 Å². The highest BCUT2D eigenvalue weighted by molar-refractivity contribution is 6.34. The molecule has 2 aromatic carbocycles. The smallest absolute Gasteiger partial charge is 0.412 e. The van der Waals surface area contributed by atoms with E-state index in [0.717, 1.165) is 11.1 Å². The second-order valence-electron chi connectivity index (χ2n) is 5.82. The maximum Gasteiger partial charge on any atom is 0.412 e. The highest BCUT2D eigenvalue weighted by Gasteiger charge is 2.29. The first-order valence-electron chi connectivity index (χ1n) is 6.69. The highest BCUT2D eigenvalue weighted by atomic mass is 35.5. The maximum absolute atomic E-state index is 11.5. The van der Waals surface area contributed by atoms with Crippen molar-refractivity contribution in [3.8, 4) is 11.1 Å². The van der Waals surface area contributed by atoms with Gasteiger partial charge >= 0.3 is 6.09 Å². The van der Waals surface area contributed by atoms with Crippen LogP contribution in [0, 0.1) is 0 Å². The molecule has 0 bridgehead atoms. The van der Waals surface area contributed by atoms with Gasteiger partial charge in [-0.25, -0.2) is 4.79 Å². The zero-order valence-electron chi connectivity index (χ0n) is 12.3. The molecule has 0 fully saturated rings. The highest BCUT2D eigenvalue weighted by Crippen LogP contribution is 2.34. The Hall–Kier alpha value is -2.00. The Balaban J connectivity index is 2.46. The minimum Gasteiger partial charge on any atom is -0.465 e. The lowest BCUT2D eigenvalue weighted by molar-refractivity contribution is 0.195. The summed E-state index contributed by atoms with van der Waals surface area (Å²) < 4.78 is 0. The van der Waals surface area contributed by atoms with Crippen molar-refractivity contribution < 1.29 is 9.90 Å². The fourth-order valence-corrected chi connectivity index (χ4v) is 2.51. The average Bonchev–Trinajstić information content (AvgIpc) is 2.40. The van der Waals surface area contributed by atoms with E-state index in [1.807, 2.05) is 57.2 Å². The Morgan fingerprint density at radius 2 is 1.67 bits per heavy atom. The van der Waals surface area contributed by atoms with Crippen molar-refractivity contribution in [3.63, 3.8) is 0 Å². The molecule has 0 aliphatic heterocycles. The lowest BCUT2D eigenvalue weighted by atomic mass is 10.0. The van der Waals surface area contributed by atoms with Crippen LogP contribution in [0.1, 0.15) is 20.8 Å². The van der Waals surface area contributed by atoms with E-state index in [9.17, 15) is 9.90 Å². The van der Waals surface area contributed by atoms with Crippen LogP contribution in [0.3, 0.4) is 0 Å². The second-order valence-corrected chi connectivity index (χ2v) is 6.23. The molecule has 0 aliphatic carbocycles. The number of anilines is 1. The van der Waals surface area contributed by atoms with Gasteiger partial charge in [0.2, 0.25) is 0 Å². The van der Waals surface area contributed by atoms with Gasteiger partial charge in [0, 0.05) is 5.54 Å². The number of benzene rings is 2. The third-order valence-corrected chi connectivity index (χ3v) is 3.46. The number of halogens is 1. The zero-order chi connectivity index (χ0) is 15.6. The molecule has 0 saturated heterocycles. The summed E-state index contributed by atoms with van der Waals surface area (Å²) in [6.45, 7) is 5.51. The molecule has 1 amide bonds. The predicted octanol–water partition coefficient (Wildman–Crippen LogP) is 5.29. The number of amides is 1. The first-order chi connectivity index (χ1) is 9.80.